The number of alkyl halides is 1. The summed E-state index contributed by atoms with van der Waals surface area (Å²) in [6, 6.07) is 0. The van der Waals surface area contributed by atoms with Gasteiger partial charge in [0.05, 0.1) is 12.2 Å². The third-order valence-corrected chi connectivity index (χ3v) is 5.04. The number of carbonyl (C=O) groups is 1. The number of allylic oxidation sites excluding steroid dienone is 1. The molecule has 2 unspecified atom stereocenters. The summed E-state index contributed by atoms with van der Waals surface area (Å²) in [6.45, 7) is 2.10. The first-order valence-corrected chi connectivity index (χ1v) is 9.37. The Hall–Kier alpha value is -0.940. The Kier molecular flexibility index (Phi) is 10.2. The van der Waals surface area contributed by atoms with Crippen LogP contribution in [0.15, 0.2) is 12.2 Å². The molecule has 0 radical (unpaired) electrons. The summed E-state index contributed by atoms with van der Waals surface area (Å²) in [5.74, 6) is -0.891. The van der Waals surface area contributed by atoms with Crippen LogP contribution in [-0.4, -0.2) is 39.7 Å². The minimum absolute atomic E-state index is 0.0650. The van der Waals surface area contributed by atoms with Crippen molar-refractivity contribution >= 4 is 5.97 Å². The first-order valence-electron chi connectivity index (χ1n) is 9.37. The van der Waals surface area contributed by atoms with Crippen molar-refractivity contribution in [3.05, 3.63) is 12.2 Å². The monoisotopic (exact) mass is 344 g/mol. The molecule has 3 N–H and O–H groups in total. The van der Waals surface area contributed by atoms with E-state index in [0.717, 1.165) is 51.4 Å². The standard InChI is InChI=1S/C19H33FO4/c1-2-3-7-15(21)12-10-14-11-13-18(22)16(14)8-5-4-6-9-17(20)19(23)24/h10,12,14-18,21-22H,2-9,11,13H2,1H3,(H,23,24)/t14-,15?,16+,17?,18-/m0/s1. The highest BCUT2D eigenvalue weighted by molar-refractivity contribution is 5.71. The third kappa shape index (κ3) is 7.75. The second-order valence-electron chi connectivity index (χ2n) is 7.01. The first-order chi connectivity index (χ1) is 11.5. The molecular weight excluding hydrogens is 311 g/mol. The molecule has 1 aliphatic carbocycles. The van der Waals surface area contributed by atoms with Crippen molar-refractivity contribution in [2.45, 2.75) is 89.5 Å². The van der Waals surface area contributed by atoms with Crippen LogP contribution in [0, 0.1) is 11.8 Å². The summed E-state index contributed by atoms with van der Waals surface area (Å²) < 4.78 is 13.0. The lowest BCUT2D eigenvalue weighted by atomic mass is 9.88. The molecule has 4 nitrogen and oxygen atoms in total. The predicted molar refractivity (Wildman–Crippen MR) is 92.5 cm³/mol. The van der Waals surface area contributed by atoms with Crippen molar-refractivity contribution in [1.29, 1.82) is 0 Å². The van der Waals surface area contributed by atoms with Crippen molar-refractivity contribution in [1.82, 2.24) is 0 Å². The van der Waals surface area contributed by atoms with E-state index in [0.29, 0.717) is 12.3 Å². The largest absolute Gasteiger partial charge is 0.479 e. The van der Waals surface area contributed by atoms with Gasteiger partial charge < -0.3 is 15.3 Å². The second kappa shape index (κ2) is 11.6. The Labute approximate surface area is 144 Å². The molecule has 1 saturated carbocycles. The first kappa shape index (κ1) is 21.1. The molecule has 0 aliphatic heterocycles. The van der Waals surface area contributed by atoms with Gasteiger partial charge in [0.1, 0.15) is 0 Å². The maximum absolute atomic E-state index is 13.0. The van der Waals surface area contributed by atoms with Gasteiger partial charge in [0, 0.05) is 0 Å². The number of carboxylic acids is 1. The van der Waals surface area contributed by atoms with Crippen LogP contribution in [0.1, 0.15) is 71.1 Å². The zero-order chi connectivity index (χ0) is 17.9. The van der Waals surface area contributed by atoms with Crippen LogP contribution < -0.4 is 0 Å². The molecule has 0 amide bonds. The van der Waals surface area contributed by atoms with Gasteiger partial charge >= 0.3 is 5.97 Å². The van der Waals surface area contributed by atoms with Crippen LogP contribution >= 0.6 is 0 Å². The Balaban J connectivity index is 2.30. The van der Waals surface area contributed by atoms with Crippen molar-refractivity contribution in [3.63, 3.8) is 0 Å². The summed E-state index contributed by atoms with van der Waals surface area (Å²) in [4.78, 5) is 10.4. The van der Waals surface area contributed by atoms with E-state index < -0.39 is 18.2 Å². The van der Waals surface area contributed by atoms with Crippen LogP contribution in [0.25, 0.3) is 0 Å². The molecule has 24 heavy (non-hydrogen) atoms. The Morgan fingerprint density at radius 3 is 2.62 bits per heavy atom. The van der Waals surface area contributed by atoms with Gasteiger partial charge in [-0.1, -0.05) is 44.8 Å². The average molecular weight is 344 g/mol. The molecule has 1 fully saturated rings. The lowest BCUT2D eigenvalue weighted by molar-refractivity contribution is -0.143. The van der Waals surface area contributed by atoms with E-state index in [1.807, 2.05) is 6.08 Å². The lowest BCUT2D eigenvalue weighted by Crippen LogP contribution is -2.18. The molecular formula is C19H33FO4. The van der Waals surface area contributed by atoms with E-state index in [9.17, 15) is 19.4 Å². The molecule has 140 valence electrons. The van der Waals surface area contributed by atoms with Crippen LogP contribution in [-0.2, 0) is 4.79 Å². The molecule has 1 aliphatic rings. The molecule has 0 heterocycles. The zero-order valence-electron chi connectivity index (χ0n) is 14.7. The van der Waals surface area contributed by atoms with Crippen LogP contribution in [0.2, 0.25) is 0 Å². The number of carboxylic acid groups (broad SMARTS) is 1. The number of unbranched alkanes of at least 4 members (excludes halogenated alkanes) is 3. The lowest BCUT2D eigenvalue weighted by Gasteiger charge is -2.20. The highest BCUT2D eigenvalue weighted by Crippen LogP contribution is 2.37. The van der Waals surface area contributed by atoms with E-state index in [-0.39, 0.29) is 18.4 Å². The van der Waals surface area contributed by atoms with E-state index in [1.165, 1.54) is 0 Å². The Bertz CT molecular complexity index is 386. The predicted octanol–water partition coefficient (Wildman–Crippen LogP) is 3.85. The van der Waals surface area contributed by atoms with Crippen LogP contribution in [0.4, 0.5) is 4.39 Å². The maximum atomic E-state index is 13.0. The van der Waals surface area contributed by atoms with Crippen molar-refractivity contribution in [2.24, 2.45) is 11.8 Å². The van der Waals surface area contributed by atoms with Crippen molar-refractivity contribution in [2.75, 3.05) is 0 Å². The van der Waals surface area contributed by atoms with Gasteiger partial charge in [0.15, 0.2) is 6.17 Å². The normalized spacial score (nSPS) is 26.8. The van der Waals surface area contributed by atoms with Crippen molar-refractivity contribution < 1.29 is 24.5 Å². The number of hydrogen-bond donors (Lipinski definition) is 3. The number of aliphatic hydroxyl groups excluding tert-OH is 2. The van der Waals surface area contributed by atoms with Gasteiger partial charge in [-0.3, -0.25) is 0 Å². The van der Waals surface area contributed by atoms with Crippen LogP contribution in [0.5, 0.6) is 0 Å². The van der Waals surface area contributed by atoms with Gasteiger partial charge in [-0.25, -0.2) is 9.18 Å². The van der Waals surface area contributed by atoms with Gasteiger partial charge in [-0.15, -0.1) is 0 Å². The number of rotatable bonds is 12. The van der Waals surface area contributed by atoms with Gasteiger partial charge in [-0.05, 0) is 50.4 Å². The quantitative estimate of drug-likeness (QED) is 0.371. The van der Waals surface area contributed by atoms with E-state index in [4.69, 9.17) is 5.11 Å². The fraction of sp³-hybridized carbons (Fsp3) is 0.842. The van der Waals surface area contributed by atoms with Gasteiger partial charge in [0.25, 0.3) is 0 Å². The smallest absolute Gasteiger partial charge is 0.338 e. The molecule has 0 aromatic rings. The summed E-state index contributed by atoms with van der Waals surface area (Å²) >= 11 is 0. The van der Waals surface area contributed by atoms with E-state index in [2.05, 4.69) is 13.0 Å². The minimum Gasteiger partial charge on any atom is -0.479 e. The van der Waals surface area contributed by atoms with Gasteiger partial charge in [0.2, 0.25) is 0 Å². The zero-order valence-corrected chi connectivity index (χ0v) is 14.7. The fourth-order valence-electron chi connectivity index (χ4n) is 3.51. The SMILES string of the molecule is CCCCC(O)C=C[C@H]1CC[C@H](O)[C@@H]1CCCCCC(F)C(=O)O. The molecule has 0 saturated heterocycles. The second-order valence-corrected chi connectivity index (χ2v) is 7.01. The summed E-state index contributed by atoms with van der Waals surface area (Å²) in [6.07, 6.45) is 9.19. The van der Waals surface area contributed by atoms with E-state index >= 15 is 0 Å². The molecule has 0 aromatic carbocycles. The molecule has 5 atom stereocenters. The fourth-order valence-corrected chi connectivity index (χ4v) is 3.51. The number of aliphatic carboxylic acids is 1. The van der Waals surface area contributed by atoms with Crippen LogP contribution in [0.3, 0.4) is 0 Å². The minimum atomic E-state index is -1.76. The highest BCUT2D eigenvalue weighted by atomic mass is 19.1. The summed E-state index contributed by atoms with van der Waals surface area (Å²) in [7, 11) is 0. The summed E-state index contributed by atoms with van der Waals surface area (Å²) in [5.41, 5.74) is 0. The number of aliphatic hydroxyl groups is 2. The number of hydrogen-bond acceptors (Lipinski definition) is 3. The maximum Gasteiger partial charge on any atom is 0.338 e. The van der Waals surface area contributed by atoms with Crippen molar-refractivity contribution in [3.8, 4) is 0 Å². The molecule has 0 aromatic heterocycles. The molecule has 0 spiro atoms. The summed E-state index contributed by atoms with van der Waals surface area (Å²) in [5, 5.41) is 28.6. The van der Waals surface area contributed by atoms with Gasteiger partial charge in [-0.2, -0.15) is 0 Å². The topological polar surface area (TPSA) is 77.8 Å². The highest BCUT2D eigenvalue weighted by Gasteiger charge is 2.32. The Morgan fingerprint density at radius 1 is 1.21 bits per heavy atom. The van der Waals surface area contributed by atoms with E-state index in [1.54, 1.807) is 0 Å². The average Bonchev–Trinajstić information content (AvgIpc) is 2.90. The number of halogens is 1. The molecule has 1 rings (SSSR count). The third-order valence-electron chi connectivity index (χ3n) is 5.04. The molecule has 0 bridgehead atoms. The Morgan fingerprint density at radius 2 is 1.96 bits per heavy atom. The molecule has 5 heteroatoms.